The molecule has 1 aliphatic heterocycles. The monoisotopic (exact) mass is 211 g/mol. The third-order valence-electron chi connectivity index (χ3n) is 4.25. The van der Waals surface area contributed by atoms with Crippen LogP contribution in [0.3, 0.4) is 0 Å². The fourth-order valence-corrected chi connectivity index (χ4v) is 3.16. The van der Waals surface area contributed by atoms with Crippen molar-refractivity contribution in [1.29, 1.82) is 0 Å². The minimum absolute atomic E-state index is 0.412. The Kier molecular flexibility index (Phi) is 3.65. The zero-order chi connectivity index (χ0) is 10.8. The quantitative estimate of drug-likeness (QED) is 0.736. The summed E-state index contributed by atoms with van der Waals surface area (Å²) in [4.78, 5) is 4.99. The summed E-state index contributed by atoms with van der Waals surface area (Å²) in [7, 11) is 4.49. The molecule has 3 nitrogen and oxygen atoms in total. The summed E-state index contributed by atoms with van der Waals surface area (Å²) in [6.45, 7) is 2.47. The van der Waals surface area contributed by atoms with Gasteiger partial charge in [0.15, 0.2) is 0 Å². The first-order chi connectivity index (χ1) is 7.18. The lowest BCUT2D eigenvalue weighted by Gasteiger charge is -2.39. The second kappa shape index (κ2) is 4.81. The van der Waals surface area contributed by atoms with E-state index in [1.54, 1.807) is 0 Å². The van der Waals surface area contributed by atoms with Crippen molar-refractivity contribution in [2.24, 2.45) is 5.73 Å². The maximum absolute atomic E-state index is 6.23. The molecule has 3 heteroatoms. The second-order valence-corrected chi connectivity index (χ2v) is 5.39. The molecular weight excluding hydrogens is 186 g/mol. The average molecular weight is 211 g/mol. The number of hydrogen-bond donors (Lipinski definition) is 1. The van der Waals surface area contributed by atoms with Crippen LogP contribution in [0, 0.1) is 0 Å². The summed E-state index contributed by atoms with van der Waals surface area (Å²) in [5, 5.41) is 0. The number of likely N-dealkylation sites (N-methyl/N-ethyl adjacent to an activating group) is 2. The van der Waals surface area contributed by atoms with Crippen molar-refractivity contribution in [3.63, 3.8) is 0 Å². The maximum atomic E-state index is 6.23. The molecule has 2 fully saturated rings. The molecule has 0 aromatic heterocycles. The van der Waals surface area contributed by atoms with Gasteiger partial charge in [-0.1, -0.05) is 12.8 Å². The molecule has 1 heterocycles. The van der Waals surface area contributed by atoms with Crippen LogP contribution < -0.4 is 5.73 Å². The van der Waals surface area contributed by atoms with E-state index in [-0.39, 0.29) is 0 Å². The lowest BCUT2D eigenvalue weighted by Crippen LogP contribution is -2.52. The third-order valence-corrected chi connectivity index (χ3v) is 4.25. The summed E-state index contributed by atoms with van der Waals surface area (Å²) in [6, 6.07) is 1.79. The largest absolute Gasteiger partial charge is 0.326 e. The first-order valence-electron chi connectivity index (χ1n) is 6.34. The number of rotatable bonds is 2. The van der Waals surface area contributed by atoms with Crippen LogP contribution in [0.1, 0.15) is 32.1 Å². The van der Waals surface area contributed by atoms with Gasteiger partial charge in [-0.15, -0.1) is 0 Å². The van der Waals surface area contributed by atoms with Crippen molar-refractivity contribution >= 4 is 0 Å². The number of likely N-dealkylation sites (tertiary alicyclic amines) is 1. The first-order valence-corrected chi connectivity index (χ1v) is 6.34. The predicted molar refractivity (Wildman–Crippen MR) is 63.9 cm³/mol. The van der Waals surface area contributed by atoms with Gasteiger partial charge in [-0.25, -0.2) is 0 Å². The van der Waals surface area contributed by atoms with E-state index in [9.17, 15) is 0 Å². The molecule has 0 amide bonds. The van der Waals surface area contributed by atoms with Crippen molar-refractivity contribution in [2.75, 3.05) is 27.2 Å². The molecule has 1 aliphatic carbocycles. The number of nitrogens with zero attached hydrogens (tertiary/aromatic N) is 2. The molecule has 1 saturated carbocycles. The molecule has 2 rings (SSSR count). The van der Waals surface area contributed by atoms with Gasteiger partial charge in [-0.3, -0.25) is 4.90 Å². The second-order valence-electron chi connectivity index (χ2n) is 5.39. The Morgan fingerprint density at radius 1 is 1.20 bits per heavy atom. The van der Waals surface area contributed by atoms with Gasteiger partial charge >= 0.3 is 0 Å². The Morgan fingerprint density at radius 3 is 2.53 bits per heavy atom. The predicted octanol–water partition coefficient (Wildman–Crippen LogP) is 0.892. The maximum Gasteiger partial charge on any atom is 0.0247 e. The Hall–Kier alpha value is -0.120. The normalized spacial score (nSPS) is 38.8. The van der Waals surface area contributed by atoms with Crippen molar-refractivity contribution in [3.8, 4) is 0 Å². The lowest BCUT2D eigenvalue weighted by atomic mass is 9.89. The zero-order valence-corrected chi connectivity index (χ0v) is 10.2. The van der Waals surface area contributed by atoms with Gasteiger partial charge in [0.1, 0.15) is 0 Å². The molecule has 2 N–H and O–H groups in total. The van der Waals surface area contributed by atoms with Crippen molar-refractivity contribution in [3.05, 3.63) is 0 Å². The van der Waals surface area contributed by atoms with E-state index in [1.165, 1.54) is 45.2 Å². The van der Waals surface area contributed by atoms with Crippen LogP contribution in [0.5, 0.6) is 0 Å². The molecule has 88 valence electrons. The molecule has 0 bridgehead atoms. The number of nitrogens with two attached hydrogens (primary N) is 1. The van der Waals surface area contributed by atoms with Gasteiger partial charge in [0.25, 0.3) is 0 Å². The zero-order valence-electron chi connectivity index (χ0n) is 10.2. The molecule has 1 saturated heterocycles. The van der Waals surface area contributed by atoms with Crippen LogP contribution in [-0.2, 0) is 0 Å². The van der Waals surface area contributed by atoms with Gasteiger partial charge < -0.3 is 10.6 Å². The lowest BCUT2D eigenvalue weighted by molar-refractivity contribution is 0.123. The molecule has 0 aromatic carbocycles. The topological polar surface area (TPSA) is 32.5 Å². The summed E-state index contributed by atoms with van der Waals surface area (Å²) in [5.74, 6) is 0. The summed E-state index contributed by atoms with van der Waals surface area (Å²) in [5.41, 5.74) is 6.23. The molecule has 3 atom stereocenters. The van der Waals surface area contributed by atoms with E-state index in [1.807, 2.05) is 0 Å². The molecule has 0 spiro atoms. The van der Waals surface area contributed by atoms with E-state index in [2.05, 4.69) is 23.9 Å². The van der Waals surface area contributed by atoms with Crippen LogP contribution in [-0.4, -0.2) is 55.1 Å². The Balaban J connectivity index is 1.91. The van der Waals surface area contributed by atoms with E-state index in [0.29, 0.717) is 12.1 Å². The van der Waals surface area contributed by atoms with E-state index >= 15 is 0 Å². The Labute approximate surface area is 93.6 Å². The Bertz CT molecular complexity index is 207. The van der Waals surface area contributed by atoms with Crippen molar-refractivity contribution in [2.45, 2.75) is 50.2 Å². The van der Waals surface area contributed by atoms with Crippen LogP contribution >= 0.6 is 0 Å². The minimum Gasteiger partial charge on any atom is -0.326 e. The van der Waals surface area contributed by atoms with E-state index in [0.717, 1.165) is 6.04 Å². The molecule has 3 unspecified atom stereocenters. The van der Waals surface area contributed by atoms with Gasteiger partial charge in [0, 0.05) is 24.7 Å². The molecule has 2 aliphatic rings. The highest BCUT2D eigenvalue weighted by Crippen LogP contribution is 2.25. The SMILES string of the molecule is CN1CCC(N(C)C2CCCCC2N)C1. The van der Waals surface area contributed by atoms with Crippen molar-refractivity contribution < 1.29 is 0 Å². The average Bonchev–Trinajstić information content (AvgIpc) is 2.65. The van der Waals surface area contributed by atoms with E-state index in [4.69, 9.17) is 5.73 Å². The van der Waals surface area contributed by atoms with E-state index < -0.39 is 0 Å². The van der Waals surface area contributed by atoms with Crippen LogP contribution in [0.15, 0.2) is 0 Å². The molecule has 0 aromatic rings. The fourth-order valence-electron chi connectivity index (χ4n) is 3.16. The van der Waals surface area contributed by atoms with Crippen LogP contribution in [0.25, 0.3) is 0 Å². The first kappa shape index (κ1) is 11.4. The molecule has 15 heavy (non-hydrogen) atoms. The van der Waals surface area contributed by atoms with Gasteiger partial charge in [0.2, 0.25) is 0 Å². The fraction of sp³-hybridized carbons (Fsp3) is 1.00. The van der Waals surface area contributed by atoms with Gasteiger partial charge in [-0.2, -0.15) is 0 Å². The highest BCUT2D eigenvalue weighted by atomic mass is 15.3. The van der Waals surface area contributed by atoms with Crippen LogP contribution in [0.2, 0.25) is 0 Å². The summed E-state index contributed by atoms with van der Waals surface area (Å²) >= 11 is 0. The minimum atomic E-state index is 0.412. The Morgan fingerprint density at radius 2 is 1.93 bits per heavy atom. The highest BCUT2D eigenvalue weighted by Gasteiger charge is 2.32. The smallest absolute Gasteiger partial charge is 0.0247 e. The molecule has 0 radical (unpaired) electrons. The third kappa shape index (κ3) is 2.52. The summed E-state index contributed by atoms with van der Waals surface area (Å²) < 4.78 is 0. The number of hydrogen-bond acceptors (Lipinski definition) is 3. The molecular formula is C12H25N3. The van der Waals surface area contributed by atoms with Gasteiger partial charge in [-0.05, 0) is 39.9 Å². The van der Waals surface area contributed by atoms with Crippen LogP contribution in [0.4, 0.5) is 0 Å². The van der Waals surface area contributed by atoms with Gasteiger partial charge in [0.05, 0.1) is 0 Å². The van der Waals surface area contributed by atoms with Crippen molar-refractivity contribution in [1.82, 2.24) is 9.80 Å². The highest BCUT2D eigenvalue weighted by molar-refractivity contribution is 4.90. The summed E-state index contributed by atoms with van der Waals surface area (Å²) in [6.07, 6.45) is 6.53. The standard InChI is InChI=1S/C12H25N3/c1-14-8-7-10(9-14)15(2)12-6-4-3-5-11(12)13/h10-12H,3-9,13H2,1-2H3.